The van der Waals surface area contributed by atoms with Crippen LogP contribution in [-0.2, 0) is 9.47 Å². The lowest BCUT2D eigenvalue weighted by Crippen LogP contribution is -1.98. The zero-order valence-corrected chi connectivity index (χ0v) is 10.4. The van der Waals surface area contributed by atoms with Gasteiger partial charge in [0.25, 0.3) is 0 Å². The van der Waals surface area contributed by atoms with Gasteiger partial charge in [0.15, 0.2) is 6.29 Å². The van der Waals surface area contributed by atoms with Crippen molar-refractivity contribution in [2.24, 2.45) is 0 Å². The van der Waals surface area contributed by atoms with E-state index in [-0.39, 0.29) is 6.29 Å². The average molecular weight is 240 g/mol. The van der Waals surface area contributed by atoms with Gasteiger partial charge in [-0.15, -0.1) is 0 Å². The summed E-state index contributed by atoms with van der Waals surface area (Å²) in [4.78, 5) is 0. The van der Waals surface area contributed by atoms with Crippen molar-refractivity contribution >= 4 is 0 Å². The molecule has 0 aromatic heterocycles. The Balaban J connectivity index is 1.98. The second-order valence-corrected chi connectivity index (χ2v) is 4.51. The molecule has 92 valence electrons. The quantitative estimate of drug-likeness (QED) is 0.796. The molecule has 2 nitrogen and oxygen atoms in total. The first-order valence-electron chi connectivity index (χ1n) is 6.24. The van der Waals surface area contributed by atoms with E-state index in [1.54, 1.807) is 0 Å². The van der Waals surface area contributed by atoms with E-state index in [2.05, 4.69) is 55.5 Å². The normalized spacial score (nSPS) is 16.1. The summed E-state index contributed by atoms with van der Waals surface area (Å²) >= 11 is 0. The van der Waals surface area contributed by atoms with Gasteiger partial charge in [0.2, 0.25) is 0 Å². The molecule has 0 atom stereocenters. The van der Waals surface area contributed by atoms with Gasteiger partial charge >= 0.3 is 0 Å². The first kappa shape index (κ1) is 11.5. The lowest BCUT2D eigenvalue weighted by atomic mass is 9.99. The first-order chi connectivity index (χ1) is 8.84. The molecular weight excluding hydrogens is 224 g/mol. The summed E-state index contributed by atoms with van der Waals surface area (Å²) in [7, 11) is 0. The zero-order chi connectivity index (χ0) is 12.4. The maximum absolute atomic E-state index is 5.54. The molecule has 0 bridgehead atoms. The van der Waals surface area contributed by atoms with E-state index in [1.807, 2.05) is 0 Å². The van der Waals surface area contributed by atoms with Gasteiger partial charge < -0.3 is 9.47 Å². The highest BCUT2D eigenvalue weighted by Crippen LogP contribution is 2.29. The first-order valence-corrected chi connectivity index (χ1v) is 6.24. The molecule has 0 spiro atoms. The summed E-state index contributed by atoms with van der Waals surface area (Å²) in [5.41, 5.74) is 4.85. The van der Waals surface area contributed by atoms with Gasteiger partial charge in [-0.05, 0) is 29.7 Å². The standard InChI is InChI=1S/C16H16O2/c1-12-5-2-3-8-15(12)13-6-4-7-14(11-13)16-17-9-10-18-16/h2-8,11,16H,9-10H2,1H3. The Labute approximate surface area is 107 Å². The average Bonchev–Trinajstić information content (AvgIpc) is 2.93. The molecular formula is C16H16O2. The molecule has 0 N–H and O–H groups in total. The second-order valence-electron chi connectivity index (χ2n) is 4.51. The SMILES string of the molecule is Cc1ccccc1-c1cccc(C2OCCO2)c1. The molecule has 0 saturated carbocycles. The fraction of sp³-hybridized carbons (Fsp3) is 0.250. The Morgan fingerprint density at radius 2 is 1.72 bits per heavy atom. The van der Waals surface area contributed by atoms with Crippen molar-refractivity contribution in [2.75, 3.05) is 13.2 Å². The van der Waals surface area contributed by atoms with E-state index in [4.69, 9.17) is 9.47 Å². The van der Waals surface area contributed by atoms with Crippen LogP contribution in [-0.4, -0.2) is 13.2 Å². The minimum Gasteiger partial charge on any atom is -0.346 e. The summed E-state index contributed by atoms with van der Waals surface area (Å²) in [5, 5.41) is 0. The van der Waals surface area contributed by atoms with Gasteiger partial charge in [-0.2, -0.15) is 0 Å². The molecule has 0 aliphatic carbocycles. The fourth-order valence-corrected chi connectivity index (χ4v) is 2.30. The Morgan fingerprint density at radius 1 is 0.944 bits per heavy atom. The summed E-state index contributed by atoms with van der Waals surface area (Å²) in [6, 6.07) is 16.8. The van der Waals surface area contributed by atoms with E-state index in [9.17, 15) is 0 Å². The number of hydrogen-bond donors (Lipinski definition) is 0. The monoisotopic (exact) mass is 240 g/mol. The Morgan fingerprint density at radius 3 is 2.50 bits per heavy atom. The largest absolute Gasteiger partial charge is 0.346 e. The smallest absolute Gasteiger partial charge is 0.184 e. The molecule has 0 radical (unpaired) electrons. The third-order valence-electron chi connectivity index (χ3n) is 3.24. The molecule has 1 aliphatic heterocycles. The number of benzene rings is 2. The Hall–Kier alpha value is -1.64. The molecule has 1 heterocycles. The van der Waals surface area contributed by atoms with Gasteiger partial charge in [-0.3, -0.25) is 0 Å². The van der Waals surface area contributed by atoms with E-state index < -0.39 is 0 Å². The summed E-state index contributed by atoms with van der Waals surface area (Å²) in [6.45, 7) is 3.49. The Kier molecular flexibility index (Phi) is 3.13. The molecule has 0 unspecified atom stereocenters. The van der Waals surface area contributed by atoms with Crippen LogP contribution in [0.25, 0.3) is 11.1 Å². The van der Waals surface area contributed by atoms with E-state index in [0.717, 1.165) is 5.56 Å². The van der Waals surface area contributed by atoms with Gasteiger partial charge in [0, 0.05) is 5.56 Å². The molecule has 2 aromatic carbocycles. The van der Waals surface area contributed by atoms with E-state index >= 15 is 0 Å². The van der Waals surface area contributed by atoms with Crippen LogP contribution in [0, 0.1) is 6.92 Å². The van der Waals surface area contributed by atoms with Crippen molar-refractivity contribution < 1.29 is 9.47 Å². The minimum atomic E-state index is -0.200. The molecule has 3 rings (SSSR count). The topological polar surface area (TPSA) is 18.5 Å². The van der Waals surface area contributed by atoms with E-state index in [1.165, 1.54) is 16.7 Å². The van der Waals surface area contributed by atoms with Crippen LogP contribution >= 0.6 is 0 Å². The molecule has 1 aliphatic rings. The summed E-state index contributed by atoms with van der Waals surface area (Å²) in [5.74, 6) is 0. The number of ether oxygens (including phenoxy) is 2. The lowest BCUT2D eigenvalue weighted by molar-refractivity contribution is -0.0440. The molecule has 1 saturated heterocycles. The summed E-state index contributed by atoms with van der Waals surface area (Å²) < 4.78 is 11.1. The van der Waals surface area contributed by atoms with Gasteiger partial charge in [-0.1, -0.05) is 42.5 Å². The number of rotatable bonds is 2. The molecule has 18 heavy (non-hydrogen) atoms. The van der Waals surface area contributed by atoms with Gasteiger partial charge in [0.1, 0.15) is 0 Å². The Bertz CT molecular complexity index is 542. The van der Waals surface area contributed by atoms with Crippen LogP contribution in [0.3, 0.4) is 0 Å². The molecule has 1 fully saturated rings. The maximum atomic E-state index is 5.54. The lowest BCUT2D eigenvalue weighted by Gasteiger charge is -2.12. The maximum Gasteiger partial charge on any atom is 0.184 e. The van der Waals surface area contributed by atoms with Crippen molar-refractivity contribution in [1.82, 2.24) is 0 Å². The van der Waals surface area contributed by atoms with Crippen LogP contribution in [0.5, 0.6) is 0 Å². The van der Waals surface area contributed by atoms with Crippen molar-refractivity contribution in [1.29, 1.82) is 0 Å². The molecule has 0 amide bonds. The second kappa shape index (κ2) is 4.92. The highest BCUT2D eigenvalue weighted by molar-refractivity contribution is 5.67. The van der Waals surface area contributed by atoms with Gasteiger partial charge in [0.05, 0.1) is 13.2 Å². The van der Waals surface area contributed by atoms with Crippen LogP contribution in [0.4, 0.5) is 0 Å². The van der Waals surface area contributed by atoms with Crippen LogP contribution in [0.15, 0.2) is 48.5 Å². The molecule has 2 heteroatoms. The van der Waals surface area contributed by atoms with Crippen LogP contribution in [0.1, 0.15) is 17.4 Å². The number of hydrogen-bond acceptors (Lipinski definition) is 2. The highest BCUT2D eigenvalue weighted by Gasteiger charge is 2.18. The third-order valence-corrected chi connectivity index (χ3v) is 3.24. The van der Waals surface area contributed by atoms with Crippen molar-refractivity contribution in [2.45, 2.75) is 13.2 Å². The number of aryl methyl sites for hydroxylation is 1. The van der Waals surface area contributed by atoms with Crippen molar-refractivity contribution in [3.8, 4) is 11.1 Å². The van der Waals surface area contributed by atoms with Crippen molar-refractivity contribution in [3.63, 3.8) is 0 Å². The third kappa shape index (κ3) is 2.17. The summed E-state index contributed by atoms with van der Waals surface area (Å²) in [6.07, 6.45) is -0.200. The zero-order valence-electron chi connectivity index (χ0n) is 10.4. The van der Waals surface area contributed by atoms with Gasteiger partial charge in [-0.25, -0.2) is 0 Å². The van der Waals surface area contributed by atoms with Crippen LogP contribution in [0.2, 0.25) is 0 Å². The minimum absolute atomic E-state index is 0.200. The predicted octanol–water partition coefficient (Wildman–Crippen LogP) is 3.71. The predicted molar refractivity (Wildman–Crippen MR) is 71.3 cm³/mol. The highest BCUT2D eigenvalue weighted by atomic mass is 16.7. The van der Waals surface area contributed by atoms with Crippen LogP contribution < -0.4 is 0 Å². The van der Waals surface area contributed by atoms with E-state index in [0.29, 0.717) is 13.2 Å². The fourth-order valence-electron chi connectivity index (χ4n) is 2.30. The van der Waals surface area contributed by atoms with Crippen molar-refractivity contribution in [3.05, 3.63) is 59.7 Å². The molecule has 2 aromatic rings.